The molecule has 3 aliphatic rings. The van der Waals surface area contributed by atoms with E-state index in [2.05, 4.69) is 33.9 Å². The molecule has 98 valence electrons. The Morgan fingerprint density at radius 1 is 1.24 bits per heavy atom. The predicted octanol–water partition coefficient (Wildman–Crippen LogP) is 3.77. The first-order valence-corrected chi connectivity index (χ1v) is 9.82. The first-order valence-electron chi connectivity index (χ1n) is 6.91. The summed E-state index contributed by atoms with van der Waals surface area (Å²) >= 11 is 0. The number of rotatable bonds is 2. The quantitative estimate of drug-likeness (QED) is 0.701. The molecule has 0 aromatic rings. The van der Waals surface area contributed by atoms with Crippen molar-refractivity contribution in [2.75, 3.05) is 0 Å². The Morgan fingerprint density at radius 2 is 1.88 bits per heavy atom. The molecule has 0 aromatic carbocycles. The van der Waals surface area contributed by atoms with Crippen LogP contribution in [-0.2, 0) is 9.22 Å². The van der Waals surface area contributed by atoms with Crippen molar-refractivity contribution < 1.29 is 9.22 Å². The van der Waals surface area contributed by atoms with E-state index in [1.54, 1.807) is 0 Å². The third-order valence-corrected chi connectivity index (χ3v) is 9.56. The summed E-state index contributed by atoms with van der Waals surface area (Å²) in [5.41, 5.74) is 0. The van der Waals surface area contributed by atoms with E-state index in [9.17, 15) is 4.79 Å². The van der Waals surface area contributed by atoms with E-state index in [4.69, 9.17) is 4.43 Å². The Labute approximate surface area is 106 Å². The molecule has 3 fully saturated rings. The second-order valence-electron chi connectivity index (χ2n) is 7.37. The van der Waals surface area contributed by atoms with E-state index in [0.29, 0.717) is 11.7 Å². The summed E-state index contributed by atoms with van der Waals surface area (Å²) in [4.78, 5) is 11.9. The van der Waals surface area contributed by atoms with Gasteiger partial charge < -0.3 is 4.43 Å². The molecule has 3 heteroatoms. The lowest BCUT2D eigenvalue weighted by Crippen LogP contribution is -2.51. The van der Waals surface area contributed by atoms with Gasteiger partial charge >= 0.3 is 0 Å². The van der Waals surface area contributed by atoms with Crippen molar-refractivity contribution in [3.05, 3.63) is 0 Å². The molecule has 3 atom stereocenters. The molecular weight excluding hydrogens is 228 g/mol. The second kappa shape index (κ2) is 4.20. The number of hydrogen-bond acceptors (Lipinski definition) is 2. The lowest BCUT2D eigenvalue weighted by molar-refractivity contribution is -0.135. The normalized spacial score (nSPS) is 34.2. The van der Waals surface area contributed by atoms with Gasteiger partial charge in [0.15, 0.2) is 8.32 Å². The highest BCUT2D eigenvalue weighted by atomic mass is 28.4. The number of fused-ring (bicyclic) bond motifs is 3. The van der Waals surface area contributed by atoms with Crippen LogP contribution in [0.4, 0.5) is 0 Å². The molecule has 17 heavy (non-hydrogen) atoms. The van der Waals surface area contributed by atoms with Crippen molar-refractivity contribution in [3.8, 4) is 0 Å². The zero-order valence-electron chi connectivity index (χ0n) is 11.9. The molecule has 0 heterocycles. The van der Waals surface area contributed by atoms with Gasteiger partial charge in [-0.3, -0.25) is 4.79 Å². The predicted molar refractivity (Wildman–Crippen MR) is 72.5 cm³/mol. The van der Waals surface area contributed by atoms with Gasteiger partial charge in [-0.1, -0.05) is 20.8 Å². The van der Waals surface area contributed by atoms with Gasteiger partial charge in [-0.05, 0) is 43.3 Å². The number of carbonyl (C=O) groups excluding carboxylic acids is 1. The van der Waals surface area contributed by atoms with Crippen LogP contribution in [-0.4, -0.2) is 20.2 Å². The summed E-state index contributed by atoms with van der Waals surface area (Å²) in [5.74, 6) is 1.30. The highest BCUT2D eigenvalue weighted by Gasteiger charge is 2.46. The van der Waals surface area contributed by atoms with Crippen molar-refractivity contribution in [1.29, 1.82) is 0 Å². The SMILES string of the molecule is CC(C)(C)[Si](C)(C)O[C@H]1C[C@@H]2CC[C@H]1C(=O)C2. The van der Waals surface area contributed by atoms with Gasteiger partial charge in [0.05, 0.1) is 6.10 Å². The number of Topliss-reactive ketones (excluding diaryl/α,β-unsaturated/α-hetero) is 1. The molecule has 2 bridgehead atoms. The van der Waals surface area contributed by atoms with Gasteiger partial charge in [0, 0.05) is 12.3 Å². The maximum Gasteiger partial charge on any atom is 0.192 e. The summed E-state index contributed by atoms with van der Waals surface area (Å²) in [6, 6.07) is 0. The maximum atomic E-state index is 11.9. The summed E-state index contributed by atoms with van der Waals surface area (Å²) in [7, 11) is -1.71. The van der Waals surface area contributed by atoms with Gasteiger partial charge in [0.1, 0.15) is 5.78 Å². The van der Waals surface area contributed by atoms with Gasteiger partial charge in [0.25, 0.3) is 0 Å². The van der Waals surface area contributed by atoms with Crippen LogP contribution in [0.2, 0.25) is 18.1 Å². The third kappa shape index (κ3) is 2.50. The van der Waals surface area contributed by atoms with Crippen LogP contribution < -0.4 is 0 Å². The fraction of sp³-hybridized carbons (Fsp3) is 0.929. The summed E-state index contributed by atoms with van der Waals surface area (Å²) in [5, 5.41) is 0.243. The first-order chi connectivity index (χ1) is 7.71. The minimum Gasteiger partial charge on any atom is -0.413 e. The summed E-state index contributed by atoms with van der Waals surface area (Å²) in [6.45, 7) is 11.4. The van der Waals surface area contributed by atoms with Crippen LogP contribution in [0.15, 0.2) is 0 Å². The second-order valence-corrected chi connectivity index (χ2v) is 12.1. The molecule has 0 unspecified atom stereocenters. The highest BCUT2D eigenvalue weighted by Crippen LogP contribution is 2.45. The molecular formula is C14H26O2Si. The largest absolute Gasteiger partial charge is 0.413 e. The molecule has 2 nitrogen and oxygen atoms in total. The van der Waals surface area contributed by atoms with Crippen LogP contribution in [0.1, 0.15) is 46.5 Å². The smallest absolute Gasteiger partial charge is 0.192 e. The van der Waals surface area contributed by atoms with Crippen molar-refractivity contribution in [3.63, 3.8) is 0 Å². The van der Waals surface area contributed by atoms with Crippen molar-refractivity contribution in [1.82, 2.24) is 0 Å². The minimum absolute atomic E-state index is 0.217. The van der Waals surface area contributed by atoms with Gasteiger partial charge in [-0.15, -0.1) is 0 Å². The topological polar surface area (TPSA) is 26.3 Å². The van der Waals surface area contributed by atoms with Crippen LogP contribution >= 0.6 is 0 Å². The first kappa shape index (κ1) is 13.3. The summed E-state index contributed by atoms with van der Waals surface area (Å²) in [6.07, 6.45) is 4.50. The minimum atomic E-state index is -1.71. The molecule has 0 aliphatic heterocycles. The number of hydrogen-bond donors (Lipinski definition) is 0. The molecule has 0 radical (unpaired) electrons. The van der Waals surface area contributed by atoms with E-state index < -0.39 is 8.32 Å². The van der Waals surface area contributed by atoms with Gasteiger partial charge in [-0.2, -0.15) is 0 Å². The van der Waals surface area contributed by atoms with Crippen molar-refractivity contribution in [2.45, 2.75) is 70.7 Å². The zero-order valence-corrected chi connectivity index (χ0v) is 12.9. The fourth-order valence-electron chi connectivity index (χ4n) is 2.89. The Morgan fingerprint density at radius 3 is 2.35 bits per heavy atom. The van der Waals surface area contributed by atoms with Gasteiger partial charge in [-0.25, -0.2) is 0 Å². The summed E-state index contributed by atoms with van der Waals surface area (Å²) < 4.78 is 6.47. The number of carbonyl (C=O) groups is 1. The third-order valence-electron chi connectivity index (χ3n) is 5.06. The van der Waals surface area contributed by atoms with E-state index in [1.165, 1.54) is 6.42 Å². The lowest BCUT2D eigenvalue weighted by Gasteiger charge is -2.47. The van der Waals surface area contributed by atoms with Crippen LogP contribution in [0.3, 0.4) is 0 Å². The van der Waals surface area contributed by atoms with Gasteiger partial charge in [0.2, 0.25) is 0 Å². The van der Waals surface area contributed by atoms with E-state index in [1.807, 2.05) is 0 Å². The molecule has 0 spiro atoms. The number of ketones is 1. The molecule has 3 saturated carbocycles. The maximum absolute atomic E-state index is 11.9. The molecule has 3 rings (SSSR count). The van der Waals surface area contributed by atoms with E-state index in [0.717, 1.165) is 19.3 Å². The monoisotopic (exact) mass is 254 g/mol. The molecule has 3 aliphatic carbocycles. The van der Waals surface area contributed by atoms with Crippen LogP contribution in [0, 0.1) is 11.8 Å². The zero-order chi connectivity index (χ0) is 12.8. The van der Waals surface area contributed by atoms with Crippen molar-refractivity contribution >= 4 is 14.1 Å². The average molecular weight is 254 g/mol. The fourth-order valence-corrected chi connectivity index (χ4v) is 4.26. The lowest BCUT2D eigenvalue weighted by atomic mass is 9.68. The average Bonchev–Trinajstić information content (AvgIpc) is 2.14. The van der Waals surface area contributed by atoms with E-state index in [-0.39, 0.29) is 17.1 Å². The molecule has 0 N–H and O–H groups in total. The van der Waals surface area contributed by atoms with Crippen molar-refractivity contribution in [2.24, 2.45) is 11.8 Å². The molecule has 0 amide bonds. The Balaban J connectivity index is 2.07. The Bertz CT molecular complexity index is 317. The molecule has 0 saturated heterocycles. The van der Waals surface area contributed by atoms with E-state index >= 15 is 0 Å². The van der Waals surface area contributed by atoms with Crippen LogP contribution in [0.5, 0.6) is 0 Å². The Hall–Kier alpha value is -0.153. The molecule has 0 aromatic heterocycles. The standard InChI is InChI=1S/C14H26O2Si/c1-14(2,3)17(4,5)16-13-9-10-6-7-11(13)12(15)8-10/h10-11,13H,6-9H2,1-5H3/t10-,11+,13+/m1/s1. The highest BCUT2D eigenvalue weighted by molar-refractivity contribution is 6.74. The van der Waals surface area contributed by atoms with Crippen LogP contribution in [0.25, 0.3) is 0 Å². The Kier molecular flexibility index (Phi) is 3.28.